The summed E-state index contributed by atoms with van der Waals surface area (Å²) in [6.45, 7) is 0. The molecule has 8 heteroatoms. The predicted molar refractivity (Wildman–Crippen MR) is 59.2 cm³/mol. The molecule has 1 aromatic heterocycles. The summed E-state index contributed by atoms with van der Waals surface area (Å²) in [5, 5.41) is 2.58. The monoisotopic (exact) mass is 244 g/mol. The number of nitrogens with zero attached hydrogens (tertiary/aromatic N) is 1. The largest absolute Gasteiger partial charge is 0.356 e. The lowest BCUT2D eigenvalue weighted by atomic mass is 10.2. The molecular formula is C8H12N4O3S. The molecule has 1 amide bonds. The van der Waals surface area contributed by atoms with Gasteiger partial charge in [-0.15, -0.1) is 0 Å². The molecule has 7 nitrogen and oxygen atoms in total. The van der Waals surface area contributed by atoms with Crippen molar-refractivity contribution in [2.75, 3.05) is 17.4 Å². The summed E-state index contributed by atoms with van der Waals surface area (Å²) in [5.74, 6) is 4.55. The molecule has 0 fully saturated rings. The summed E-state index contributed by atoms with van der Waals surface area (Å²) in [4.78, 5) is 15.0. The van der Waals surface area contributed by atoms with E-state index in [2.05, 4.69) is 10.3 Å². The standard InChI is InChI=1S/C8H12N4O3S/c1-16(14,15)5-11-7-4-6(2-3-10-7)8(13)12-9/h2-4H,5,9H2,1H3,(H,10,11)(H,12,13). The highest BCUT2D eigenvalue weighted by Gasteiger charge is 2.06. The van der Waals surface area contributed by atoms with Gasteiger partial charge in [-0.2, -0.15) is 0 Å². The van der Waals surface area contributed by atoms with Gasteiger partial charge >= 0.3 is 0 Å². The van der Waals surface area contributed by atoms with Gasteiger partial charge in [0, 0.05) is 18.0 Å². The smallest absolute Gasteiger partial charge is 0.265 e. The van der Waals surface area contributed by atoms with Gasteiger partial charge in [0.25, 0.3) is 5.91 Å². The van der Waals surface area contributed by atoms with Crippen molar-refractivity contribution >= 4 is 21.6 Å². The minimum Gasteiger partial charge on any atom is -0.356 e. The molecule has 0 saturated heterocycles. The van der Waals surface area contributed by atoms with Crippen LogP contribution in [0.15, 0.2) is 18.3 Å². The minimum atomic E-state index is -3.14. The number of aromatic nitrogens is 1. The van der Waals surface area contributed by atoms with E-state index in [1.807, 2.05) is 5.43 Å². The first kappa shape index (κ1) is 12.4. The van der Waals surface area contributed by atoms with Gasteiger partial charge in [-0.3, -0.25) is 10.2 Å². The van der Waals surface area contributed by atoms with Crippen molar-refractivity contribution < 1.29 is 13.2 Å². The molecule has 0 radical (unpaired) electrons. The van der Waals surface area contributed by atoms with Crippen LogP contribution in [0.25, 0.3) is 0 Å². The third-order valence-corrected chi connectivity index (χ3v) is 2.34. The molecule has 0 unspecified atom stereocenters. The zero-order valence-corrected chi connectivity index (χ0v) is 9.41. The third-order valence-electron chi connectivity index (χ3n) is 1.67. The van der Waals surface area contributed by atoms with Gasteiger partial charge in [-0.05, 0) is 12.1 Å². The van der Waals surface area contributed by atoms with E-state index < -0.39 is 15.7 Å². The van der Waals surface area contributed by atoms with E-state index in [1.165, 1.54) is 18.3 Å². The predicted octanol–water partition coefficient (Wildman–Crippen LogP) is -0.901. The molecule has 0 aromatic carbocycles. The molecule has 16 heavy (non-hydrogen) atoms. The van der Waals surface area contributed by atoms with Crippen molar-refractivity contribution in [3.63, 3.8) is 0 Å². The third kappa shape index (κ3) is 3.83. The number of hydrogen-bond donors (Lipinski definition) is 3. The number of carbonyl (C=O) groups is 1. The lowest BCUT2D eigenvalue weighted by Crippen LogP contribution is -2.30. The Labute approximate surface area is 92.9 Å². The molecule has 0 spiro atoms. The van der Waals surface area contributed by atoms with E-state index in [4.69, 9.17) is 5.84 Å². The van der Waals surface area contributed by atoms with Crippen LogP contribution in [0, 0.1) is 0 Å². The average Bonchev–Trinajstić information content (AvgIpc) is 2.25. The van der Waals surface area contributed by atoms with Crippen LogP contribution in [0.2, 0.25) is 0 Å². The minimum absolute atomic E-state index is 0.242. The Morgan fingerprint density at radius 1 is 1.56 bits per heavy atom. The molecule has 0 bridgehead atoms. The second-order valence-corrected chi connectivity index (χ2v) is 5.29. The van der Waals surface area contributed by atoms with Crippen molar-refractivity contribution in [1.29, 1.82) is 0 Å². The maximum atomic E-state index is 11.2. The summed E-state index contributed by atoms with van der Waals surface area (Å²) in [6, 6.07) is 2.88. The molecule has 0 saturated carbocycles. The normalized spacial score (nSPS) is 10.9. The van der Waals surface area contributed by atoms with E-state index in [9.17, 15) is 13.2 Å². The fourth-order valence-electron chi connectivity index (χ4n) is 0.957. The number of sulfone groups is 1. The zero-order chi connectivity index (χ0) is 12.2. The van der Waals surface area contributed by atoms with Crippen LogP contribution in [-0.2, 0) is 9.84 Å². The summed E-state index contributed by atoms with van der Waals surface area (Å²) in [6.07, 6.45) is 2.48. The first-order chi connectivity index (χ1) is 7.42. The highest BCUT2D eigenvalue weighted by Crippen LogP contribution is 2.06. The summed E-state index contributed by atoms with van der Waals surface area (Å²) >= 11 is 0. The molecule has 0 aliphatic rings. The van der Waals surface area contributed by atoms with Gasteiger partial charge in [0.05, 0.1) is 0 Å². The topological polar surface area (TPSA) is 114 Å². The maximum absolute atomic E-state index is 11.2. The first-order valence-electron chi connectivity index (χ1n) is 4.31. The summed E-state index contributed by atoms with van der Waals surface area (Å²) in [5.41, 5.74) is 2.27. The van der Waals surface area contributed by atoms with Crippen LogP contribution in [0.3, 0.4) is 0 Å². The fraction of sp³-hybridized carbons (Fsp3) is 0.250. The lowest BCUT2D eigenvalue weighted by molar-refractivity contribution is 0.0953. The maximum Gasteiger partial charge on any atom is 0.265 e. The Bertz CT molecular complexity index is 486. The van der Waals surface area contributed by atoms with E-state index in [1.54, 1.807) is 0 Å². The highest BCUT2D eigenvalue weighted by atomic mass is 32.2. The Morgan fingerprint density at radius 2 is 2.25 bits per heavy atom. The van der Waals surface area contributed by atoms with Gasteiger partial charge in [-0.1, -0.05) is 0 Å². The highest BCUT2D eigenvalue weighted by molar-refractivity contribution is 7.90. The van der Waals surface area contributed by atoms with Gasteiger partial charge in [0.1, 0.15) is 11.7 Å². The SMILES string of the molecule is CS(=O)(=O)CNc1cc(C(=O)NN)ccn1. The Kier molecular flexibility index (Phi) is 3.80. The zero-order valence-electron chi connectivity index (χ0n) is 8.60. The number of nitrogens with two attached hydrogens (primary N) is 1. The van der Waals surface area contributed by atoms with Crippen molar-refractivity contribution in [2.45, 2.75) is 0 Å². The molecule has 4 N–H and O–H groups in total. The van der Waals surface area contributed by atoms with E-state index in [0.29, 0.717) is 11.4 Å². The molecule has 1 rings (SSSR count). The van der Waals surface area contributed by atoms with Crippen molar-refractivity contribution in [2.24, 2.45) is 5.84 Å². The molecule has 88 valence electrons. The number of pyridine rings is 1. The Morgan fingerprint density at radius 3 is 2.81 bits per heavy atom. The average molecular weight is 244 g/mol. The van der Waals surface area contributed by atoms with Crippen LogP contribution in [0.4, 0.5) is 5.82 Å². The Balaban J connectivity index is 2.79. The van der Waals surface area contributed by atoms with Gasteiger partial charge in [-0.25, -0.2) is 19.2 Å². The van der Waals surface area contributed by atoms with Crippen LogP contribution in [0.5, 0.6) is 0 Å². The molecule has 1 aromatic rings. The number of carbonyl (C=O) groups excluding carboxylic acids is 1. The molecule has 1 heterocycles. The quantitative estimate of drug-likeness (QED) is 0.359. The second-order valence-electron chi connectivity index (χ2n) is 3.15. The van der Waals surface area contributed by atoms with Crippen LogP contribution in [-0.4, -0.2) is 31.4 Å². The van der Waals surface area contributed by atoms with E-state index in [0.717, 1.165) is 6.26 Å². The van der Waals surface area contributed by atoms with Gasteiger partial charge < -0.3 is 5.32 Å². The summed E-state index contributed by atoms with van der Waals surface area (Å²) in [7, 11) is -3.14. The van der Waals surface area contributed by atoms with Crippen LogP contribution < -0.4 is 16.6 Å². The van der Waals surface area contributed by atoms with Gasteiger partial charge in [0.2, 0.25) is 0 Å². The van der Waals surface area contributed by atoms with Crippen molar-refractivity contribution in [3.05, 3.63) is 23.9 Å². The molecule has 0 aliphatic carbocycles. The molecule has 0 atom stereocenters. The number of nitrogens with one attached hydrogen (secondary N) is 2. The second kappa shape index (κ2) is 4.90. The molecule has 0 aliphatic heterocycles. The van der Waals surface area contributed by atoms with Gasteiger partial charge in [0.15, 0.2) is 9.84 Å². The van der Waals surface area contributed by atoms with Crippen LogP contribution in [0.1, 0.15) is 10.4 Å². The lowest BCUT2D eigenvalue weighted by Gasteiger charge is -2.05. The van der Waals surface area contributed by atoms with Crippen LogP contribution >= 0.6 is 0 Å². The Hall–Kier alpha value is -1.67. The summed E-state index contributed by atoms with van der Waals surface area (Å²) < 4.78 is 21.8. The van der Waals surface area contributed by atoms with Crippen molar-refractivity contribution in [1.82, 2.24) is 10.4 Å². The number of hydrogen-bond acceptors (Lipinski definition) is 6. The number of rotatable bonds is 4. The van der Waals surface area contributed by atoms with E-state index >= 15 is 0 Å². The molecular weight excluding hydrogens is 232 g/mol. The number of anilines is 1. The fourth-order valence-corrected chi connectivity index (χ4v) is 1.37. The number of hydrazine groups is 1. The first-order valence-corrected chi connectivity index (χ1v) is 6.37. The number of amides is 1. The van der Waals surface area contributed by atoms with E-state index in [-0.39, 0.29) is 5.88 Å². The number of nitrogen functional groups attached to an aromatic ring is 1. The van der Waals surface area contributed by atoms with Crippen molar-refractivity contribution in [3.8, 4) is 0 Å².